The van der Waals surface area contributed by atoms with Gasteiger partial charge in [0.2, 0.25) is 0 Å². The lowest BCUT2D eigenvalue weighted by atomic mass is 9.92. The molecule has 0 aliphatic heterocycles. The Morgan fingerprint density at radius 1 is 0.386 bits per heavy atom. The molecule has 57 heavy (non-hydrogen) atoms. The molecular formula is C51H45N3O3. The molecular weight excluding hydrogens is 703 g/mol. The van der Waals surface area contributed by atoms with Gasteiger partial charge in [-0.1, -0.05) is 56.3 Å². The molecule has 0 radical (unpaired) electrons. The summed E-state index contributed by atoms with van der Waals surface area (Å²) in [6.07, 6.45) is 15.3. The first-order valence-corrected chi connectivity index (χ1v) is 19.7. The van der Waals surface area contributed by atoms with E-state index in [2.05, 4.69) is 108 Å². The lowest BCUT2D eigenvalue weighted by molar-refractivity contribution is 0.316. The zero-order chi connectivity index (χ0) is 39.2. The number of nitrogens with zero attached hydrogens (tertiary/aromatic N) is 3. The molecule has 0 bridgehead atoms. The molecule has 0 unspecified atom stereocenters. The maximum absolute atomic E-state index is 6.42. The number of hydrogen-bond donors (Lipinski definition) is 0. The molecule has 7 rings (SSSR count). The summed E-state index contributed by atoms with van der Waals surface area (Å²) in [7, 11) is 0. The van der Waals surface area contributed by atoms with E-state index in [0.717, 1.165) is 69.9 Å². The van der Waals surface area contributed by atoms with Crippen LogP contribution in [-0.4, -0.2) is 34.8 Å². The largest absolute Gasteiger partial charge is 0.492 e. The van der Waals surface area contributed by atoms with E-state index < -0.39 is 0 Å². The van der Waals surface area contributed by atoms with E-state index in [1.54, 1.807) is 37.2 Å². The highest BCUT2D eigenvalue weighted by atomic mass is 16.5. The molecule has 0 atom stereocenters. The number of pyridine rings is 3. The number of aromatic nitrogens is 3. The van der Waals surface area contributed by atoms with Crippen molar-refractivity contribution < 1.29 is 14.2 Å². The van der Waals surface area contributed by atoms with Crippen molar-refractivity contribution in [3.05, 3.63) is 177 Å². The van der Waals surface area contributed by atoms with Crippen molar-refractivity contribution in [2.24, 2.45) is 0 Å². The van der Waals surface area contributed by atoms with Crippen molar-refractivity contribution in [1.82, 2.24) is 15.0 Å². The Bertz CT molecular complexity index is 2230. The van der Waals surface area contributed by atoms with Crippen molar-refractivity contribution in [1.29, 1.82) is 0 Å². The van der Waals surface area contributed by atoms with Crippen LogP contribution in [-0.2, 0) is 19.3 Å². The summed E-state index contributed by atoms with van der Waals surface area (Å²) in [4.78, 5) is 12.5. The van der Waals surface area contributed by atoms with Crippen LogP contribution in [0.1, 0.15) is 107 Å². The van der Waals surface area contributed by atoms with Gasteiger partial charge in [-0.3, -0.25) is 15.0 Å². The Labute approximate surface area is 336 Å². The second kappa shape index (κ2) is 19.2. The monoisotopic (exact) mass is 747 g/mol. The van der Waals surface area contributed by atoms with E-state index in [4.69, 9.17) is 14.2 Å². The van der Waals surface area contributed by atoms with Crippen molar-refractivity contribution in [2.75, 3.05) is 19.8 Å². The number of hydrogen-bond acceptors (Lipinski definition) is 6. The summed E-state index contributed by atoms with van der Waals surface area (Å²) in [6, 6.07) is 24.8. The minimum Gasteiger partial charge on any atom is -0.492 e. The van der Waals surface area contributed by atoms with Gasteiger partial charge in [0.25, 0.3) is 0 Å². The van der Waals surface area contributed by atoms with Crippen LogP contribution in [0, 0.1) is 35.5 Å². The molecule has 6 aromatic rings. The molecule has 6 nitrogen and oxygen atoms in total. The molecule has 3 aromatic heterocycles. The van der Waals surface area contributed by atoms with Gasteiger partial charge in [0.15, 0.2) is 0 Å². The molecule has 0 saturated heterocycles. The van der Waals surface area contributed by atoms with Crippen LogP contribution in [0.2, 0.25) is 0 Å². The van der Waals surface area contributed by atoms with Gasteiger partial charge in [0.1, 0.15) is 17.2 Å². The fourth-order valence-corrected chi connectivity index (χ4v) is 6.61. The number of rotatable bonds is 9. The molecule has 0 fully saturated rings. The highest BCUT2D eigenvalue weighted by Gasteiger charge is 2.21. The third-order valence-corrected chi connectivity index (χ3v) is 9.50. The van der Waals surface area contributed by atoms with Crippen LogP contribution in [0.5, 0.6) is 17.2 Å². The Morgan fingerprint density at radius 2 is 0.649 bits per heavy atom. The predicted octanol–water partition coefficient (Wildman–Crippen LogP) is 9.52. The SMILES string of the molecule is CCCOc1cc2c(cc1C#Cc1ccncc1)Cc1cc(OCCC)c(C#Cc3ccncc3)cc1Cc1cc(OCCC)c(C#Cc3ccncc3)cc1C2. The smallest absolute Gasteiger partial charge is 0.135 e. The normalized spacial score (nSPS) is 11.2. The first kappa shape index (κ1) is 38.5. The lowest BCUT2D eigenvalue weighted by Gasteiger charge is -2.17. The summed E-state index contributed by atoms with van der Waals surface area (Å²) < 4.78 is 19.3. The maximum atomic E-state index is 6.42. The zero-order valence-electron chi connectivity index (χ0n) is 32.8. The molecule has 0 N–H and O–H groups in total. The van der Waals surface area contributed by atoms with Gasteiger partial charge in [-0.25, -0.2) is 0 Å². The summed E-state index contributed by atoms with van der Waals surface area (Å²) in [6.45, 7) is 8.14. The average Bonchev–Trinajstić information content (AvgIpc) is 3.30. The topological polar surface area (TPSA) is 66.4 Å². The van der Waals surface area contributed by atoms with Gasteiger partial charge in [0.05, 0.1) is 36.5 Å². The van der Waals surface area contributed by atoms with E-state index in [1.165, 1.54) is 33.4 Å². The van der Waals surface area contributed by atoms with Gasteiger partial charge in [-0.2, -0.15) is 0 Å². The second-order valence-corrected chi connectivity index (χ2v) is 13.9. The van der Waals surface area contributed by atoms with Crippen LogP contribution in [0.15, 0.2) is 110 Å². The van der Waals surface area contributed by atoms with Gasteiger partial charge >= 0.3 is 0 Å². The Balaban J connectivity index is 1.44. The van der Waals surface area contributed by atoms with E-state index in [9.17, 15) is 0 Å². The Morgan fingerprint density at radius 3 is 0.912 bits per heavy atom. The quantitative estimate of drug-likeness (QED) is 0.137. The van der Waals surface area contributed by atoms with Gasteiger partial charge in [-0.15, -0.1) is 0 Å². The van der Waals surface area contributed by atoms with E-state index in [1.807, 2.05) is 36.4 Å². The molecule has 3 heterocycles. The highest BCUT2D eigenvalue weighted by molar-refractivity contribution is 5.61. The first-order chi connectivity index (χ1) is 28.1. The molecule has 3 aromatic carbocycles. The molecule has 0 spiro atoms. The van der Waals surface area contributed by atoms with Crippen molar-refractivity contribution >= 4 is 0 Å². The third-order valence-electron chi connectivity index (χ3n) is 9.50. The van der Waals surface area contributed by atoms with Crippen molar-refractivity contribution in [2.45, 2.75) is 59.3 Å². The number of ether oxygens (including phenoxy) is 3. The van der Waals surface area contributed by atoms with E-state index in [0.29, 0.717) is 39.1 Å². The van der Waals surface area contributed by atoms with Crippen LogP contribution >= 0.6 is 0 Å². The summed E-state index contributed by atoms with van der Waals surface area (Å²) in [5, 5.41) is 0. The Kier molecular flexibility index (Phi) is 12.9. The summed E-state index contributed by atoms with van der Waals surface area (Å²) in [5.41, 5.74) is 12.3. The minimum absolute atomic E-state index is 0.594. The first-order valence-electron chi connectivity index (χ1n) is 19.7. The third kappa shape index (κ3) is 10.1. The number of fused-ring (bicyclic) bond motifs is 3. The predicted molar refractivity (Wildman–Crippen MR) is 226 cm³/mol. The number of benzene rings is 3. The minimum atomic E-state index is 0.594. The lowest BCUT2D eigenvalue weighted by Crippen LogP contribution is -2.05. The molecule has 282 valence electrons. The fourth-order valence-electron chi connectivity index (χ4n) is 6.61. The highest BCUT2D eigenvalue weighted by Crippen LogP contribution is 2.36. The molecule has 1 aliphatic carbocycles. The van der Waals surface area contributed by atoms with Gasteiger partial charge in [-0.05, 0) is 145 Å². The van der Waals surface area contributed by atoms with E-state index in [-0.39, 0.29) is 0 Å². The van der Waals surface area contributed by atoms with Gasteiger partial charge < -0.3 is 14.2 Å². The van der Waals surface area contributed by atoms with Crippen molar-refractivity contribution in [3.8, 4) is 52.8 Å². The van der Waals surface area contributed by atoms with Crippen LogP contribution in [0.3, 0.4) is 0 Å². The zero-order valence-corrected chi connectivity index (χ0v) is 32.8. The molecule has 6 heteroatoms. The summed E-state index contributed by atoms with van der Waals surface area (Å²) >= 11 is 0. The Hall–Kier alpha value is -6.81. The fraction of sp³-hybridized carbons (Fsp3) is 0.235. The van der Waals surface area contributed by atoms with Crippen LogP contribution in [0.4, 0.5) is 0 Å². The second-order valence-electron chi connectivity index (χ2n) is 13.9. The van der Waals surface area contributed by atoms with Crippen molar-refractivity contribution in [3.63, 3.8) is 0 Å². The molecule has 0 saturated carbocycles. The molecule has 1 aliphatic rings. The van der Waals surface area contributed by atoms with Gasteiger partial charge in [0, 0.05) is 53.9 Å². The van der Waals surface area contributed by atoms with Crippen LogP contribution < -0.4 is 14.2 Å². The average molecular weight is 748 g/mol. The molecule has 0 amide bonds. The summed E-state index contributed by atoms with van der Waals surface area (Å²) in [5.74, 6) is 22.7. The van der Waals surface area contributed by atoms with Crippen LogP contribution in [0.25, 0.3) is 0 Å². The standard InChI is InChI=1S/C51H45N3O3/c1-4-25-55-49-34-46-31-44-29-41(11-8-38-15-21-53-22-16-38)51(57-27-6-3)36-48(44)33-45-30-42(12-9-39-17-23-54-24-18-39)50(56-26-5-2)35-47(45)32-43(46)28-40(49)10-7-37-13-19-52-20-14-37/h13-24,28-30,34-36H,4-6,25-27,31-33H2,1-3H3. The van der Waals surface area contributed by atoms with E-state index >= 15 is 0 Å². The maximum Gasteiger partial charge on any atom is 0.135 e.